The van der Waals surface area contributed by atoms with E-state index in [2.05, 4.69) is 20.2 Å². The Morgan fingerprint density at radius 1 is 1.07 bits per heavy atom. The number of urea groups is 1. The highest BCUT2D eigenvalue weighted by molar-refractivity contribution is 6.33. The Balaban J connectivity index is 1.46. The van der Waals surface area contributed by atoms with E-state index in [4.69, 9.17) is 16.3 Å². The Morgan fingerprint density at radius 3 is 2.55 bits per heavy atom. The lowest BCUT2D eigenvalue weighted by Gasteiger charge is -2.36. The second kappa shape index (κ2) is 8.13. The normalized spacial score (nSPS) is 14.2. The number of halogens is 1. The number of benzene rings is 2. The Labute approximate surface area is 174 Å². The van der Waals surface area contributed by atoms with Gasteiger partial charge in [-0.25, -0.2) is 14.8 Å². The molecule has 1 saturated heterocycles. The summed E-state index contributed by atoms with van der Waals surface area (Å²) in [5.41, 5.74) is 3.51. The van der Waals surface area contributed by atoms with Gasteiger partial charge in [-0.1, -0.05) is 29.8 Å². The fourth-order valence-electron chi connectivity index (χ4n) is 3.41. The molecule has 7 nitrogen and oxygen atoms in total. The summed E-state index contributed by atoms with van der Waals surface area (Å²) in [6.45, 7) is 4.57. The zero-order valence-electron chi connectivity index (χ0n) is 16.4. The van der Waals surface area contributed by atoms with Crippen molar-refractivity contribution in [2.24, 2.45) is 0 Å². The van der Waals surface area contributed by atoms with Crippen LogP contribution in [0.4, 0.5) is 16.3 Å². The summed E-state index contributed by atoms with van der Waals surface area (Å²) in [7, 11) is 1.52. The number of piperazine rings is 1. The summed E-state index contributed by atoms with van der Waals surface area (Å²) in [6.07, 6.45) is 0. The van der Waals surface area contributed by atoms with Crippen molar-refractivity contribution < 1.29 is 9.53 Å². The minimum Gasteiger partial charge on any atom is -0.478 e. The smallest absolute Gasteiger partial charge is 0.323 e. The lowest BCUT2D eigenvalue weighted by Crippen LogP contribution is -2.50. The highest BCUT2D eigenvalue weighted by atomic mass is 35.5. The predicted octanol–water partition coefficient (Wildman–Crippen LogP) is 3.95. The van der Waals surface area contributed by atoms with Crippen LogP contribution < -0.4 is 15.0 Å². The van der Waals surface area contributed by atoms with Gasteiger partial charge in [-0.05, 0) is 36.8 Å². The molecule has 8 heteroatoms. The van der Waals surface area contributed by atoms with Crippen molar-refractivity contribution in [2.75, 3.05) is 43.5 Å². The van der Waals surface area contributed by atoms with Gasteiger partial charge in [0.05, 0.1) is 28.9 Å². The van der Waals surface area contributed by atoms with Gasteiger partial charge in [-0.2, -0.15) is 0 Å². The third kappa shape index (κ3) is 4.05. The maximum Gasteiger partial charge on any atom is 0.323 e. The quantitative estimate of drug-likeness (QED) is 0.706. The number of rotatable bonds is 3. The summed E-state index contributed by atoms with van der Waals surface area (Å²) in [4.78, 5) is 25.7. The molecule has 0 bridgehead atoms. The van der Waals surface area contributed by atoms with Crippen LogP contribution in [0.2, 0.25) is 5.02 Å². The summed E-state index contributed by atoms with van der Waals surface area (Å²) >= 11 is 6.29. The van der Waals surface area contributed by atoms with Crippen molar-refractivity contribution in [1.29, 1.82) is 0 Å². The van der Waals surface area contributed by atoms with Crippen LogP contribution in [0.25, 0.3) is 11.0 Å². The second-order valence-corrected chi connectivity index (χ2v) is 7.34. The van der Waals surface area contributed by atoms with Crippen LogP contribution in [0.15, 0.2) is 42.5 Å². The van der Waals surface area contributed by atoms with E-state index in [1.54, 1.807) is 4.90 Å². The molecule has 0 spiro atoms. The summed E-state index contributed by atoms with van der Waals surface area (Å²) in [5, 5.41) is 3.57. The highest BCUT2D eigenvalue weighted by Gasteiger charge is 2.24. The molecule has 1 fully saturated rings. The number of hydrogen-bond donors (Lipinski definition) is 1. The number of fused-ring (bicyclic) bond motifs is 1. The van der Waals surface area contributed by atoms with Crippen molar-refractivity contribution in [3.63, 3.8) is 0 Å². The molecular formula is C21H22ClN5O2. The molecule has 1 N–H and O–H groups in total. The van der Waals surface area contributed by atoms with Gasteiger partial charge in [0.1, 0.15) is 0 Å². The van der Waals surface area contributed by atoms with Crippen molar-refractivity contribution >= 4 is 40.2 Å². The van der Waals surface area contributed by atoms with Crippen LogP contribution in [-0.2, 0) is 0 Å². The van der Waals surface area contributed by atoms with E-state index in [9.17, 15) is 4.79 Å². The molecule has 2 aromatic carbocycles. The van der Waals surface area contributed by atoms with Crippen LogP contribution in [0, 0.1) is 6.92 Å². The number of anilines is 2. The van der Waals surface area contributed by atoms with E-state index in [0.29, 0.717) is 43.4 Å². The number of para-hydroxylation sites is 1. The number of carbonyl (C=O) groups excluding carboxylic acids is 1. The van der Waals surface area contributed by atoms with Crippen LogP contribution in [0.1, 0.15) is 5.56 Å². The maximum absolute atomic E-state index is 12.8. The average Bonchev–Trinajstić information content (AvgIpc) is 2.74. The SMILES string of the molecule is COc1nc2cc(C)ccc2nc1NC(=O)N1CCN(c2ccccc2Cl)CC1. The summed E-state index contributed by atoms with van der Waals surface area (Å²) < 4.78 is 5.34. The fraction of sp³-hybridized carbons (Fsp3) is 0.286. The molecule has 1 aromatic heterocycles. The first kappa shape index (κ1) is 19.3. The average molecular weight is 412 g/mol. The molecule has 0 atom stereocenters. The lowest BCUT2D eigenvalue weighted by atomic mass is 10.2. The Kier molecular flexibility index (Phi) is 5.40. The standard InChI is InChI=1S/C21H22ClN5O2/c1-14-7-8-16-17(13-14)24-20(29-2)19(23-16)25-21(28)27-11-9-26(10-12-27)18-6-4-3-5-15(18)22/h3-8,13H,9-12H2,1-2H3,(H,23,25,28). The van der Waals surface area contributed by atoms with Gasteiger partial charge in [0.25, 0.3) is 5.88 Å². The molecule has 29 heavy (non-hydrogen) atoms. The van der Waals surface area contributed by atoms with Gasteiger partial charge in [0, 0.05) is 26.2 Å². The van der Waals surface area contributed by atoms with Crippen LogP contribution in [0.3, 0.4) is 0 Å². The van der Waals surface area contributed by atoms with Gasteiger partial charge in [-0.15, -0.1) is 0 Å². The molecule has 4 rings (SSSR count). The molecule has 2 amide bonds. The van der Waals surface area contributed by atoms with Crippen molar-refractivity contribution in [3.05, 3.63) is 53.1 Å². The maximum atomic E-state index is 12.8. The molecule has 3 aromatic rings. The molecule has 0 saturated carbocycles. The Morgan fingerprint density at radius 2 is 1.83 bits per heavy atom. The van der Waals surface area contributed by atoms with Crippen molar-refractivity contribution in [1.82, 2.24) is 14.9 Å². The minimum atomic E-state index is -0.220. The van der Waals surface area contributed by atoms with E-state index in [1.165, 1.54) is 7.11 Å². The zero-order chi connectivity index (χ0) is 20.4. The van der Waals surface area contributed by atoms with Crippen LogP contribution in [-0.4, -0.2) is 54.2 Å². The van der Waals surface area contributed by atoms with E-state index in [1.807, 2.05) is 49.4 Å². The number of nitrogens with zero attached hydrogens (tertiary/aromatic N) is 4. The van der Waals surface area contributed by atoms with E-state index < -0.39 is 0 Å². The third-order valence-corrected chi connectivity index (χ3v) is 5.29. The van der Waals surface area contributed by atoms with Crippen molar-refractivity contribution in [2.45, 2.75) is 6.92 Å². The van der Waals surface area contributed by atoms with Crippen molar-refractivity contribution in [3.8, 4) is 5.88 Å². The zero-order valence-corrected chi connectivity index (χ0v) is 17.1. The largest absolute Gasteiger partial charge is 0.478 e. The topological polar surface area (TPSA) is 70.6 Å². The monoisotopic (exact) mass is 411 g/mol. The van der Waals surface area contributed by atoms with Crippen LogP contribution >= 0.6 is 11.6 Å². The number of hydrogen-bond acceptors (Lipinski definition) is 5. The van der Waals surface area contributed by atoms with Gasteiger partial charge in [0.15, 0.2) is 5.82 Å². The third-order valence-electron chi connectivity index (χ3n) is 4.97. The van der Waals surface area contributed by atoms with Gasteiger partial charge in [-0.3, -0.25) is 5.32 Å². The van der Waals surface area contributed by atoms with E-state index >= 15 is 0 Å². The molecule has 1 aliphatic heterocycles. The molecular weight excluding hydrogens is 390 g/mol. The van der Waals surface area contributed by atoms with E-state index in [-0.39, 0.29) is 6.03 Å². The number of nitrogens with one attached hydrogen (secondary N) is 1. The molecule has 0 radical (unpaired) electrons. The highest BCUT2D eigenvalue weighted by Crippen LogP contribution is 2.27. The summed E-state index contributed by atoms with van der Waals surface area (Å²) in [5.74, 6) is 0.619. The molecule has 150 valence electrons. The molecule has 0 unspecified atom stereocenters. The van der Waals surface area contributed by atoms with Gasteiger partial charge < -0.3 is 14.5 Å². The summed E-state index contributed by atoms with van der Waals surface area (Å²) in [6, 6.07) is 13.3. The number of carbonyl (C=O) groups is 1. The number of aromatic nitrogens is 2. The lowest BCUT2D eigenvalue weighted by molar-refractivity contribution is 0.208. The number of amides is 2. The first-order valence-corrected chi connectivity index (χ1v) is 9.81. The molecule has 1 aliphatic rings. The number of methoxy groups -OCH3 is 1. The van der Waals surface area contributed by atoms with Gasteiger partial charge in [0.2, 0.25) is 0 Å². The molecule has 0 aliphatic carbocycles. The number of aryl methyl sites for hydroxylation is 1. The Bertz CT molecular complexity index is 1050. The van der Waals surface area contributed by atoms with Gasteiger partial charge >= 0.3 is 6.03 Å². The predicted molar refractivity (Wildman–Crippen MR) is 115 cm³/mol. The molecule has 2 heterocycles. The van der Waals surface area contributed by atoms with Crippen LogP contribution in [0.5, 0.6) is 5.88 Å². The number of ether oxygens (including phenoxy) is 1. The first-order chi connectivity index (χ1) is 14.0. The van der Waals surface area contributed by atoms with E-state index in [0.717, 1.165) is 21.8 Å². The minimum absolute atomic E-state index is 0.220. The Hall–Kier alpha value is -3.06. The second-order valence-electron chi connectivity index (χ2n) is 6.93. The first-order valence-electron chi connectivity index (χ1n) is 9.43. The fourth-order valence-corrected chi connectivity index (χ4v) is 3.67.